The van der Waals surface area contributed by atoms with E-state index in [-0.39, 0.29) is 0 Å². The molecule has 0 saturated carbocycles. The van der Waals surface area contributed by atoms with Crippen molar-refractivity contribution in [3.05, 3.63) is 47.6 Å². The van der Waals surface area contributed by atoms with Crippen LogP contribution in [0.2, 0.25) is 5.02 Å². The Balaban J connectivity index is 1.98. The molecule has 0 aliphatic carbocycles. The van der Waals surface area contributed by atoms with Gasteiger partial charge in [0.05, 0.1) is 31.4 Å². The van der Waals surface area contributed by atoms with E-state index in [1.807, 2.05) is 24.3 Å². The fraction of sp³-hybridized carbons (Fsp3) is 0.125. The van der Waals surface area contributed by atoms with Gasteiger partial charge in [-0.3, -0.25) is 4.98 Å². The number of fused-ring (bicyclic) bond motifs is 1. The molecule has 3 rings (SSSR count). The number of benzene rings is 2. The standard InChI is InChI=1S/C16H14ClN3O2/c1-21-14-7-12-13(8-15(14)22-2)20-16(9-18-12)19-11-5-3-4-10(17)6-11/h3-9H,1-2H3,(H,19,20). The quantitative estimate of drug-likeness (QED) is 0.787. The summed E-state index contributed by atoms with van der Waals surface area (Å²) in [5.74, 6) is 1.87. The highest BCUT2D eigenvalue weighted by molar-refractivity contribution is 6.30. The van der Waals surface area contributed by atoms with E-state index < -0.39 is 0 Å². The molecule has 0 saturated heterocycles. The molecule has 112 valence electrons. The van der Waals surface area contributed by atoms with Crippen LogP contribution >= 0.6 is 11.6 Å². The molecule has 0 aliphatic rings. The third-order valence-electron chi connectivity index (χ3n) is 3.14. The maximum atomic E-state index is 5.97. The lowest BCUT2D eigenvalue weighted by Crippen LogP contribution is -1.97. The minimum absolute atomic E-state index is 0.615. The lowest BCUT2D eigenvalue weighted by molar-refractivity contribution is 0.355. The smallest absolute Gasteiger partial charge is 0.163 e. The highest BCUT2D eigenvalue weighted by Gasteiger charge is 2.08. The number of methoxy groups -OCH3 is 2. The molecule has 2 aromatic carbocycles. The Hall–Kier alpha value is -2.53. The van der Waals surface area contributed by atoms with Crippen molar-refractivity contribution in [1.82, 2.24) is 9.97 Å². The summed E-state index contributed by atoms with van der Waals surface area (Å²) in [5.41, 5.74) is 2.29. The van der Waals surface area contributed by atoms with E-state index >= 15 is 0 Å². The summed E-state index contributed by atoms with van der Waals surface area (Å²) < 4.78 is 10.5. The molecule has 1 N–H and O–H groups in total. The number of halogens is 1. The fourth-order valence-corrected chi connectivity index (χ4v) is 2.30. The van der Waals surface area contributed by atoms with Crippen molar-refractivity contribution in [2.24, 2.45) is 0 Å². The summed E-state index contributed by atoms with van der Waals surface area (Å²) in [7, 11) is 3.18. The van der Waals surface area contributed by atoms with Gasteiger partial charge in [0.25, 0.3) is 0 Å². The molecule has 0 fully saturated rings. The average molecular weight is 316 g/mol. The second kappa shape index (κ2) is 6.07. The molecule has 0 atom stereocenters. The van der Waals surface area contributed by atoms with Gasteiger partial charge in [-0.2, -0.15) is 0 Å². The van der Waals surface area contributed by atoms with Crippen LogP contribution in [0.4, 0.5) is 11.5 Å². The second-order valence-corrected chi connectivity index (χ2v) is 5.02. The van der Waals surface area contributed by atoms with Crippen molar-refractivity contribution >= 4 is 34.1 Å². The van der Waals surface area contributed by atoms with Gasteiger partial charge in [-0.1, -0.05) is 17.7 Å². The molecule has 0 aliphatic heterocycles. The van der Waals surface area contributed by atoms with Crippen LogP contribution in [0.15, 0.2) is 42.6 Å². The van der Waals surface area contributed by atoms with Gasteiger partial charge in [-0.05, 0) is 18.2 Å². The van der Waals surface area contributed by atoms with Gasteiger partial charge in [0.1, 0.15) is 5.82 Å². The normalized spacial score (nSPS) is 10.5. The van der Waals surface area contributed by atoms with Gasteiger partial charge in [0.2, 0.25) is 0 Å². The number of nitrogens with one attached hydrogen (secondary N) is 1. The number of nitrogens with zero attached hydrogens (tertiary/aromatic N) is 2. The molecular formula is C16H14ClN3O2. The van der Waals surface area contributed by atoms with Gasteiger partial charge in [-0.15, -0.1) is 0 Å². The van der Waals surface area contributed by atoms with Crippen molar-refractivity contribution in [2.45, 2.75) is 0 Å². The van der Waals surface area contributed by atoms with Crippen LogP contribution in [0, 0.1) is 0 Å². The zero-order valence-corrected chi connectivity index (χ0v) is 12.9. The Labute approximate surface area is 132 Å². The van der Waals surface area contributed by atoms with Crippen molar-refractivity contribution in [3.8, 4) is 11.5 Å². The molecule has 3 aromatic rings. The summed E-state index contributed by atoms with van der Waals surface area (Å²) in [6, 6.07) is 11.0. The summed E-state index contributed by atoms with van der Waals surface area (Å²) in [6.45, 7) is 0. The van der Waals surface area contributed by atoms with E-state index in [9.17, 15) is 0 Å². The Morgan fingerprint density at radius 1 is 1.00 bits per heavy atom. The van der Waals surface area contributed by atoms with Crippen LogP contribution in [0.3, 0.4) is 0 Å². The van der Waals surface area contributed by atoms with Crippen molar-refractivity contribution in [3.63, 3.8) is 0 Å². The minimum atomic E-state index is 0.615. The van der Waals surface area contributed by atoms with Crippen LogP contribution in [-0.2, 0) is 0 Å². The molecule has 0 spiro atoms. The number of anilines is 2. The largest absolute Gasteiger partial charge is 0.493 e. The first-order chi connectivity index (χ1) is 10.7. The first kappa shape index (κ1) is 14.4. The Kier molecular flexibility index (Phi) is 3.98. The minimum Gasteiger partial charge on any atom is -0.493 e. The van der Waals surface area contributed by atoms with Crippen LogP contribution < -0.4 is 14.8 Å². The Bertz CT molecular complexity index is 824. The predicted molar refractivity (Wildman–Crippen MR) is 87.4 cm³/mol. The van der Waals surface area contributed by atoms with E-state index in [1.54, 1.807) is 32.5 Å². The third kappa shape index (κ3) is 2.89. The molecule has 5 nitrogen and oxygen atoms in total. The van der Waals surface area contributed by atoms with Gasteiger partial charge in [0, 0.05) is 22.8 Å². The number of ether oxygens (including phenoxy) is 2. The van der Waals surface area contributed by atoms with E-state index in [0.717, 1.165) is 11.2 Å². The zero-order valence-electron chi connectivity index (χ0n) is 12.1. The van der Waals surface area contributed by atoms with E-state index in [2.05, 4.69) is 15.3 Å². The van der Waals surface area contributed by atoms with Gasteiger partial charge < -0.3 is 14.8 Å². The highest BCUT2D eigenvalue weighted by Crippen LogP contribution is 2.31. The summed E-state index contributed by atoms with van der Waals surface area (Å²) in [5, 5.41) is 3.83. The number of hydrogen-bond donors (Lipinski definition) is 1. The lowest BCUT2D eigenvalue weighted by Gasteiger charge is -2.10. The van der Waals surface area contributed by atoms with Crippen LogP contribution in [0.5, 0.6) is 11.5 Å². The second-order valence-electron chi connectivity index (χ2n) is 4.59. The van der Waals surface area contributed by atoms with Crippen LogP contribution in [-0.4, -0.2) is 24.2 Å². The molecule has 0 amide bonds. The summed E-state index contributed by atoms with van der Waals surface area (Å²) in [6.07, 6.45) is 1.66. The maximum Gasteiger partial charge on any atom is 0.163 e. The summed E-state index contributed by atoms with van der Waals surface area (Å²) in [4.78, 5) is 8.92. The van der Waals surface area contributed by atoms with Crippen LogP contribution in [0.1, 0.15) is 0 Å². The fourth-order valence-electron chi connectivity index (χ4n) is 2.11. The van der Waals surface area contributed by atoms with Gasteiger partial charge >= 0.3 is 0 Å². The van der Waals surface area contributed by atoms with E-state index in [1.165, 1.54) is 0 Å². The molecule has 1 aromatic heterocycles. The molecule has 0 radical (unpaired) electrons. The van der Waals surface area contributed by atoms with E-state index in [4.69, 9.17) is 21.1 Å². The average Bonchev–Trinajstić information content (AvgIpc) is 2.53. The number of hydrogen-bond acceptors (Lipinski definition) is 5. The Morgan fingerprint density at radius 3 is 2.41 bits per heavy atom. The topological polar surface area (TPSA) is 56.3 Å². The predicted octanol–water partition coefficient (Wildman–Crippen LogP) is 4.04. The molecule has 6 heteroatoms. The van der Waals surface area contributed by atoms with Crippen molar-refractivity contribution < 1.29 is 9.47 Å². The van der Waals surface area contributed by atoms with Gasteiger partial charge in [-0.25, -0.2) is 4.98 Å². The summed E-state index contributed by atoms with van der Waals surface area (Å²) >= 11 is 5.97. The SMILES string of the molecule is COc1cc2ncc(Nc3cccc(Cl)c3)nc2cc1OC. The number of rotatable bonds is 4. The van der Waals surface area contributed by atoms with Crippen LogP contribution in [0.25, 0.3) is 11.0 Å². The molecule has 0 unspecified atom stereocenters. The first-order valence-electron chi connectivity index (χ1n) is 6.61. The molecular weight excluding hydrogens is 302 g/mol. The highest BCUT2D eigenvalue weighted by atomic mass is 35.5. The lowest BCUT2D eigenvalue weighted by atomic mass is 10.2. The molecule has 22 heavy (non-hydrogen) atoms. The number of aromatic nitrogens is 2. The zero-order chi connectivity index (χ0) is 15.5. The Morgan fingerprint density at radius 2 is 1.73 bits per heavy atom. The third-order valence-corrected chi connectivity index (χ3v) is 3.38. The van der Waals surface area contributed by atoms with Gasteiger partial charge in [0.15, 0.2) is 11.5 Å². The first-order valence-corrected chi connectivity index (χ1v) is 6.99. The van der Waals surface area contributed by atoms with Crippen molar-refractivity contribution in [1.29, 1.82) is 0 Å². The monoisotopic (exact) mass is 315 g/mol. The van der Waals surface area contributed by atoms with Crippen molar-refractivity contribution in [2.75, 3.05) is 19.5 Å². The van der Waals surface area contributed by atoms with E-state index in [0.29, 0.717) is 27.9 Å². The maximum absolute atomic E-state index is 5.97. The molecule has 1 heterocycles. The molecule has 0 bridgehead atoms.